The maximum Gasteiger partial charge on any atom is 0.404 e. The number of hydrogen-bond donors (Lipinski definition) is 2. The van der Waals surface area contributed by atoms with Crippen LogP contribution in [0.5, 0.6) is 0 Å². The van der Waals surface area contributed by atoms with Gasteiger partial charge in [-0.05, 0) is 30.4 Å². The summed E-state index contributed by atoms with van der Waals surface area (Å²) in [5.74, 6) is 0.575. The van der Waals surface area contributed by atoms with Gasteiger partial charge < -0.3 is 24.6 Å². The summed E-state index contributed by atoms with van der Waals surface area (Å²) < 4.78 is 9.52. The molecule has 12 heteroatoms. The molecular formula is C27H37Cl2N5O4Si. The Morgan fingerprint density at radius 1 is 1.21 bits per heavy atom. The maximum absolute atomic E-state index is 13.9. The molecule has 0 bridgehead atoms. The van der Waals surface area contributed by atoms with Crippen LogP contribution in [0.15, 0.2) is 29.2 Å². The molecule has 1 aliphatic heterocycles. The number of piperidine rings is 1. The SMILES string of the molecule is Cn1c(N2CCC(C)(CNC(=O)O)CC2)nc2c(c(-c3cccc(Cl)c3Cl)cn2COCC[Si](C)(C)C)c1=O. The Kier molecular flexibility index (Phi) is 8.70. The fraction of sp³-hybridized carbons (Fsp3) is 0.519. The first kappa shape index (κ1) is 29.4. The van der Waals surface area contributed by atoms with E-state index in [1.807, 2.05) is 22.9 Å². The highest BCUT2D eigenvalue weighted by Gasteiger charge is 2.32. The van der Waals surface area contributed by atoms with E-state index in [2.05, 4.69) is 36.8 Å². The number of benzene rings is 1. The summed E-state index contributed by atoms with van der Waals surface area (Å²) in [6.07, 6.45) is 2.40. The lowest BCUT2D eigenvalue weighted by atomic mass is 9.80. The van der Waals surface area contributed by atoms with Crippen molar-refractivity contribution in [2.24, 2.45) is 12.5 Å². The summed E-state index contributed by atoms with van der Waals surface area (Å²) in [6.45, 7) is 11.6. The largest absolute Gasteiger partial charge is 0.465 e. The number of aromatic nitrogens is 3. The number of ether oxygens (including phenoxy) is 1. The van der Waals surface area contributed by atoms with Gasteiger partial charge in [-0.15, -0.1) is 0 Å². The quantitative estimate of drug-likeness (QED) is 0.237. The van der Waals surface area contributed by atoms with Crippen molar-refractivity contribution in [1.82, 2.24) is 19.4 Å². The number of fused-ring (bicyclic) bond motifs is 1. The van der Waals surface area contributed by atoms with Crippen LogP contribution in [0.25, 0.3) is 22.2 Å². The minimum absolute atomic E-state index is 0.154. The van der Waals surface area contributed by atoms with Crippen LogP contribution in [-0.2, 0) is 18.5 Å². The molecule has 1 amide bonds. The normalized spacial score (nSPS) is 15.6. The minimum atomic E-state index is -1.26. The molecule has 0 atom stereocenters. The summed E-state index contributed by atoms with van der Waals surface area (Å²) in [5, 5.41) is 12.8. The average molecular weight is 595 g/mol. The van der Waals surface area contributed by atoms with Crippen molar-refractivity contribution >= 4 is 54.4 Å². The molecule has 0 aliphatic carbocycles. The van der Waals surface area contributed by atoms with Crippen molar-refractivity contribution < 1.29 is 14.6 Å². The zero-order chi connectivity index (χ0) is 28.5. The lowest BCUT2D eigenvalue weighted by molar-refractivity contribution is 0.0899. The molecule has 0 saturated carbocycles. The van der Waals surface area contributed by atoms with E-state index < -0.39 is 14.2 Å². The van der Waals surface area contributed by atoms with Gasteiger partial charge in [0.2, 0.25) is 5.95 Å². The third-order valence-electron chi connectivity index (χ3n) is 7.46. The summed E-state index contributed by atoms with van der Waals surface area (Å²) in [5.41, 5.74) is 1.53. The Hall–Kier alpha value is -2.53. The van der Waals surface area contributed by atoms with Gasteiger partial charge in [0.05, 0.1) is 15.4 Å². The van der Waals surface area contributed by atoms with E-state index in [9.17, 15) is 9.59 Å². The fourth-order valence-corrected chi connectivity index (χ4v) is 6.01. The van der Waals surface area contributed by atoms with Gasteiger partial charge in [0.15, 0.2) is 5.65 Å². The predicted octanol–water partition coefficient (Wildman–Crippen LogP) is 5.90. The zero-order valence-electron chi connectivity index (χ0n) is 23.2. The monoisotopic (exact) mass is 593 g/mol. The van der Waals surface area contributed by atoms with Gasteiger partial charge in [0, 0.05) is 58.7 Å². The molecule has 1 aromatic carbocycles. The van der Waals surface area contributed by atoms with Crippen LogP contribution in [0.2, 0.25) is 35.7 Å². The van der Waals surface area contributed by atoms with Crippen molar-refractivity contribution in [3.05, 3.63) is 44.8 Å². The van der Waals surface area contributed by atoms with E-state index >= 15 is 0 Å². The van der Waals surface area contributed by atoms with Crippen molar-refractivity contribution in [3.63, 3.8) is 0 Å². The van der Waals surface area contributed by atoms with Crippen molar-refractivity contribution in [2.45, 2.75) is 52.2 Å². The molecule has 3 aromatic rings. The molecule has 39 heavy (non-hydrogen) atoms. The second-order valence-corrected chi connectivity index (χ2v) is 18.3. The molecule has 9 nitrogen and oxygen atoms in total. The van der Waals surface area contributed by atoms with Gasteiger partial charge in [-0.3, -0.25) is 9.36 Å². The smallest absolute Gasteiger partial charge is 0.404 e. The highest BCUT2D eigenvalue weighted by molar-refractivity contribution is 6.76. The summed E-state index contributed by atoms with van der Waals surface area (Å²) in [4.78, 5) is 32.0. The van der Waals surface area contributed by atoms with E-state index in [0.29, 0.717) is 64.4 Å². The van der Waals surface area contributed by atoms with Gasteiger partial charge in [0.25, 0.3) is 5.56 Å². The molecule has 212 valence electrons. The number of anilines is 1. The Bertz CT molecular complexity index is 1420. The van der Waals surface area contributed by atoms with Crippen molar-refractivity contribution in [3.8, 4) is 11.1 Å². The van der Waals surface area contributed by atoms with Crippen LogP contribution in [0.4, 0.5) is 10.7 Å². The number of rotatable bonds is 9. The van der Waals surface area contributed by atoms with Gasteiger partial charge >= 0.3 is 6.09 Å². The first-order valence-corrected chi connectivity index (χ1v) is 17.6. The third-order valence-corrected chi connectivity index (χ3v) is 9.99. The molecular weight excluding hydrogens is 557 g/mol. The van der Waals surface area contributed by atoms with E-state index in [1.165, 1.54) is 0 Å². The van der Waals surface area contributed by atoms with Crippen LogP contribution < -0.4 is 15.8 Å². The lowest BCUT2D eigenvalue weighted by Gasteiger charge is -2.40. The van der Waals surface area contributed by atoms with E-state index in [-0.39, 0.29) is 17.7 Å². The van der Waals surface area contributed by atoms with Crippen molar-refractivity contribution in [1.29, 1.82) is 0 Å². The Morgan fingerprint density at radius 3 is 2.54 bits per heavy atom. The summed E-state index contributed by atoms with van der Waals surface area (Å²) in [6, 6.07) is 6.41. The van der Waals surface area contributed by atoms with Crippen LogP contribution >= 0.6 is 23.2 Å². The Morgan fingerprint density at radius 2 is 1.90 bits per heavy atom. The number of amides is 1. The Labute approximate surface area is 239 Å². The average Bonchev–Trinajstić information content (AvgIpc) is 3.23. The molecule has 0 radical (unpaired) electrons. The zero-order valence-corrected chi connectivity index (χ0v) is 25.7. The highest BCUT2D eigenvalue weighted by Crippen LogP contribution is 2.38. The second-order valence-electron chi connectivity index (χ2n) is 11.9. The first-order valence-electron chi connectivity index (χ1n) is 13.1. The third kappa shape index (κ3) is 6.62. The highest BCUT2D eigenvalue weighted by atomic mass is 35.5. The topological polar surface area (TPSA) is 102 Å². The van der Waals surface area contributed by atoms with Crippen LogP contribution in [0, 0.1) is 5.41 Å². The Balaban J connectivity index is 1.73. The minimum Gasteiger partial charge on any atom is -0.465 e. The molecule has 1 saturated heterocycles. The number of nitrogens with one attached hydrogen (secondary N) is 1. The number of carboxylic acid groups (broad SMARTS) is 1. The predicted molar refractivity (Wildman–Crippen MR) is 160 cm³/mol. The molecule has 3 heterocycles. The van der Waals surface area contributed by atoms with Crippen LogP contribution in [-0.4, -0.2) is 59.6 Å². The fourth-order valence-electron chi connectivity index (χ4n) is 4.86. The number of nitrogens with zero attached hydrogens (tertiary/aromatic N) is 4. The first-order chi connectivity index (χ1) is 18.3. The molecule has 0 unspecified atom stereocenters. The van der Waals surface area contributed by atoms with Gasteiger partial charge in [0.1, 0.15) is 6.73 Å². The molecule has 1 fully saturated rings. The van der Waals surface area contributed by atoms with Crippen LogP contribution in [0.3, 0.4) is 0 Å². The standard InChI is InChI=1S/C27H37Cl2N5O4Si/c1-27(16-30-26(36)37)9-11-33(12-10-27)25-31-23-21(24(35)32(25)2)19(18-7-6-8-20(28)22(18)29)15-34(23)17-38-13-14-39(3,4)5/h6-8,15,30H,9-14,16-17H2,1-5H3,(H,36,37). The molecule has 2 aromatic heterocycles. The van der Waals surface area contributed by atoms with E-state index in [0.717, 1.165) is 18.9 Å². The van der Waals surface area contributed by atoms with Crippen molar-refractivity contribution in [2.75, 3.05) is 31.1 Å². The van der Waals surface area contributed by atoms with Gasteiger partial charge in [-0.2, -0.15) is 4.98 Å². The van der Waals surface area contributed by atoms with E-state index in [1.54, 1.807) is 17.7 Å². The maximum atomic E-state index is 13.9. The summed E-state index contributed by atoms with van der Waals surface area (Å²) >= 11 is 12.9. The lowest BCUT2D eigenvalue weighted by Crippen LogP contribution is -2.46. The van der Waals surface area contributed by atoms with Gasteiger partial charge in [-0.1, -0.05) is 61.9 Å². The number of halogens is 2. The van der Waals surface area contributed by atoms with Crippen LogP contribution in [0.1, 0.15) is 19.8 Å². The molecule has 0 spiro atoms. The number of hydrogen-bond acceptors (Lipinski definition) is 5. The molecule has 1 aliphatic rings. The van der Waals surface area contributed by atoms with Gasteiger partial charge in [-0.25, -0.2) is 4.79 Å². The summed E-state index contributed by atoms with van der Waals surface area (Å²) in [7, 11) is 0.470. The molecule has 4 rings (SSSR count). The molecule has 2 N–H and O–H groups in total. The second kappa shape index (κ2) is 11.5. The van der Waals surface area contributed by atoms with E-state index in [4.69, 9.17) is 38.0 Å². The number of carbonyl (C=O) groups is 1.